The Balaban J connectivity index is 2.12. The second-order valence-corrected chi connectivity index (χ2v) is 4.34. The van der Waals surface area contributed by atoms with Crippen molar-refractivity contribution in [1.82, 2.24) is 0 Å². The molecule has 2 rings (SSSR count). The molecule has 1 unspecified atom stereocenters. The number of hydrogen-bond acceptors (Lipinski definition) is 4. The molecule has 102 valence electrons. The molecular weight excluding hydrogens is 242 g/mol. The number of rotatable bonds is 6. The first-order valence-electron chi connectivity index (χ1n) is 6.39. The maximum atomic E-state index is 9.36. The van der Waals surface area contributed by atoms with Crippen molar-refractivity contribution in [2.75, 3.05) is 11.9 Å². The van der Waals surface area contributed by atoms with Crippen molar-refractivity contribution < 1.29 is 14.3 Å². The zero-order valence-electron chi connectivity index (χ0n) is 11.2. The molecule has 1 heterocycles. The summed E-state index contributed by atoms with van der Waals surface area (Å²) in [6.45, 7) is 4.53. The smallest absolute Gasteiger partial charge is 0.124 e. The van der Waals surface area contributed by atoms with Crippen LogP contribution < -0.4 is 10.1 Å². The Morgan fingerprint density at radius 2 is 2.21 bits per heavy atom. The normalized spacial score (nSPS) is 12.2. The van der Waals surface area contributed by atoms with Crippen molar-refractivity contribution in [3.63, 3.8) is 0 Å². The topological polar surface area (TPSA) is 54.6 Å². The zero-order valence-corrected chi connectivity index (χ0v) is 11.2. The third kappa shape index (κ3) is 3.29. The quantitative estimate of drug-likeness (QED) is 0.837. The summed E-state index contributed by atoms with van der Waals surface area (Å²) in [5.74, 6) is 0.728. The van der Waals surface area contributed by atoms with Gasteiger partial charge >= 0.3 is 0 Å². The van der Waals surface area contributed by atoms with E-state index in [-0.39, 0.29) is 12.6 Å². The van der Waals surface area contributed by atoms with Gasteiger partial charge in [-0.05, 0) is 38.1 Å². The number of aliphatic hydroxyl groups excluding tert-OH is 1. The first-order valence-corrected chi connectivity index (χ1v) is 6.39. The lowest BCUT2D eigenvalue weighted by Gasteiger charge is -2.16. The minimum Gasteiger partial charge on any atom is -0.494 e. The second-order valence-electron chi connectivity index (χ2n) is 4.34. The molecule has 0 aliphatic rings. The Morgan fingerprint density at radius 1 is 1.37 bits per heavy atom. The Labute approximate surface area is 113 Å². The van der Waals surface area contributed by atoms with Gasteiger partial charge in [0, 0.05) is 16.8 Å². The number of aliphatic hydroxyl groups is 1. The fourth-order valence-electron chi connectivity index (χ4n) is 1.94. The van der Waals surface area contributed by atoms with E-state index in [0.717, 1.165) is 22.6 Å². The predicted molar refractivity (Wildman–Crippen MR) is 74.3 cm³/mol. The van der Waals surface area contributed by atoms with E-state index >= 15 is 0 Å². The SMILES string of the molecule is CCOc1ccc(NC(C)c2ccoc2)cc1CO. The summed E-state index contributed by atoms with van der Waals surface area (Å²) in [5.41, 5.74) is 2.81. The average Bonchev–Trinajstić information content (AvgIpc) is 2.94. The van der Waals surface area contributed by atoms with Crippen LogP contribution in [0.5, 0.6) is 5.75 Å². The Kier molecular flexibility index (Phi) is 4.47. The monoisotopic (exact) mass is 261 g/mol. The van der Waals surface area contributed by atoms with Gasteiger partial charge in [-0.3, -0.25) is 0 Å². The highest BCUT2D eigenvalue weighted by Gasteiger charge is 2.09. The molecule has 0 saturated heterocycles. The van der Waals surface area contributed by atoms with Crippen molar-refractivity contribution in [2.45, 2.75) is 26.5 Å². The van der Waals surface area contributed by atoms with Crippen molar-refractivity contribution in [2.24, 2.45) is 0 Å². The van der Waals surface area contributed by atoms with E-state index in [4.69, 9.17) is 9.15 Å². The first-order chi connectivity index (χ1) is 9.24. The molecule has 0 saturated carbocycles. The van der Waals surface area contributed by atoms with E-state index < -0.39 is 0 Å². The van der Waals surface area contributed by atoms with Gasteiger partial charge in [-0.1, -0.05) is 0 Å². The van der Waals surface area contributed by atoms with Crippen LogP contribution >= 0.6 is 0 Å². The minimum atomic E-state index is -0.0368. The van der Waals surface area contributed by atoms with Gasteiger partial charge in [0.2, 0.25) is 0 Å². The fraction of sp³-hybridized carbons (Fsp3) is 0.333. The molecule has 0 fully saturated rings. The molecule has 1 aromatic heterocycles. The van der Waals surface area contributed by atoms with Gasteiger partial charge in [0.05, 0.1) is 31.8 Å². The molecular formula is C15H19NO3. The van der Waals surface area contributed by atoms with Crippen LogP contribution in [-0.2, 0) is 6.61 Å². The third-order valence-corrected chi connectivity index (χ3v) is 2.96. The molecule has 2 aromatic rings. The van der Waals surface area contributed by atoms with Gasteiger partial charge in [0.1, 0.15) is 5.75 Å². The second kappa shape index (κ2) is 6.29. The summed E-state index contributed by atoms with van der Waals surface area (Å²) >= 11 is 0. The Hall–Kier alpha value is -1.94. The van der Waals surface area contributed by atoms with Crippen LogP contribution in [0.15, 0.2) is 41.2 Å². The van der Waals surface area contributed by atoms with Gasteiger partial charge in [-0.15, -0.1) is 0 Å². The van der Waals surface area contributed by atoms with Gasteiger partial charge < -0.3 is 19.6 Å². The predicted octanol–water partition coefficient (Wildman–Crippen LogP) is 3.34. The largest absolute Gasteiger partial charge is 0.494 e. The Bertz CT molecular complexity index is 508. The molecule has 0 spiro atoms. The molecule has 19 heavy (non-hydrogen) atoms. The van der Waals surface area contributed by atoms with E-state index in [1.54, 1.807) is 12.5 Å². The van der Waals surface area contributed by atoms with Gasteiger partial charge in [0.25, 0.3) is 0 Å². The van der Waals surface area contributed by atoms with Crippen LogP contribution in [0.4, 0.5) is 5.69 Å². The highest BCUT2D eigenvalue weighted by atomic mass is 16.5. The van der Waals surface area contributed by atoms with Crippen molar-refractivity contribution in [1.29, 1.82) is 0 Å². The van der Waals surface area contributed by atoms with Crippen molar-refractivity contribution in [3.05, 3.63) is 47.9 Å². The maximum Gasteiger partial charge on any atom is 0.124 e. The fourth-order valence-corrected chi connectivity index (χ4v) is 1.94. The van der Waals surface area contributed by atoms with Gasteiger partial charge in [-0.2, -0.15) is 0 Å². The zero-order chi connectivity index (χ0) is 13.7. The lowest BCUT2D eigenvalue weighted by molar-refractivity contribution is 0.267. The number of furan rings is 1. The highest BCUT2D eigenvalue weighted by Crippen LogP contribution is 2.26. The third-order valence-electron chi connectivity index (χ3n) is 2.96. The van der Waals surface area contributed by atoms with Crippen LogP contribution in [0.2, 0.25) is 0 Å². The molecule has 0 bridgehead atoms. The number of nitrogens with one attached hydrogen (secondary N) is 1. The van der Waals surface area contributed by atoms with Crippen LogP contribution in [-0.4, -0.2) is 11.7 Å². The van der Waals surface area contributed by atoms with E-state index in [1.807, 2.05) is 31.2 Å². The Morgan fingerprint density at radius 3 is 2.84 bits per heavy atom. The molecule has 1 aromatic carbocycles. The molecule has 0 radical (unpaired) electrons. The average molecular weight is 261 g/mol. The van der Waals surface area contributed by atoms with Crippen molar-refractivity contribution in [3.8, 4) is 5.75 Å². The standard InChI is InChI=1S/C15H19NO3/c1-3-19-15-5-4-14(8-13(15)9-17)16-11(2)12-6-7-18-10-12/h4-8,10-11,16-17H,3,9H2,1-2H3. The maximum absolute atomic E-state index is 9.36. The molecule has 4 heteroatoms. The van der Waals surface area contributed by atoms with Crippen molar-refractivity contribution >= 4 is 5.69 Å². The molecule has 0 aliphatic carbocycles. The lowest BCUT2D eigenvalue weighted by Crippen LogP contribution is -2.06. The highest BCUT2D eigenvalue weighted by molar-refractivity contribution is 5.52. The van der Waals surface area contributed by atoms with Crippen LogP contribution in [0.25, 0.3) is 0 Å². The summed E-state index contributed by atoms with van der Waals surface area (Å²) in [7, 11) is 0. The lowest BCUT2D eigenvalue weighted by atomic mass is 10.1. The van der Waals surface area contributed by atoms with E-state index in [9.17, 15) is 5.11 Å². The summed E-state index contributed by atoms with van der Waals surface area (Å²) in [6.07, 6.45) is 3.38. The molecule has 4 nitrogen and oxygen atoms in total. The van der Waals surface area contributed by atoms with Gasteiger partial charge in [-0.25, -0.2) is 0 Å². The number of hydrogen-bond donors (Lipinski definition) is 2. The number of ether oxygens (including phenoxy) is 1. The molecule has 1 atom stereocenters. The van der Waals surface area contributed by atoms with E-state index in [1.165, 1.54) is 0 Å². The summed E-state index contributed by atoms with van der Waals surface area (Å²) in [6, 6.07) is 7.80. The van der Waals surface area contributed by atoms with Gasteiger partial charge in [0.15, 0.2) is 0 Å². The van der Waals surface area contributed by atoms with Crippen LogP contribution in [0.3, 0.4) is 0 Å². The summed E-state index contributed by atoms with van der Waals surface area (Å²) < 4.78 is 10.5. The van der Waals surface area contributed by atoms with Crippen LogP contribution in [0.1, 0.15) is 31.0 Å². The molecule has 0 aliphatic heterocycles. The molecule has 2 N–H and O–H groups in total. The summed E-state index contributed by atoms with van der Waals surface area (Å²) in [4.78, 5) is 0. The van der Waals surface area contributed by atoms with Crippen LogP contribution in [0, 0.1) is 0 Å². The number of anilines is 1. The molecule has 0 amide bonds. The first kappa shape index (κ1) is 13.5. The summed E-state index contributed by atoms with van der Waals surface area (Å²) in [5, 5.41) is 12.7. The van der Waals surface area contributed by atoms with E-state index in [2.05, 4.69) is 12.2 Å². The number of benzene rings is 1. The minimum absolute atomic E-state index is 0.0368. The van der Waals surface area contributed by atoms with E-state index in [0.29, 0.717) is 6.61 Å².